The zero-order valence-corrected chi connectivity index (χ0v) is 8.37. The molecule has 1 N–H and O–H groups in total. The summed E-state index contributed by atoms with van der Waals surface area (Å²) in [6.45, 7) is 2.13. The Hall–Kier alpha value is -1.09. The second-order valence-electron chi connectivity index (χ2n) is 3.07. The minimum Gasteiger partial charge on any atom is -0.481 e. The quantitative estimate of drug-likeness (QED) is 0.757. The van der Waals surface area contributed by atoms with Crippen molar-refractivity contribution in [2.75, 3.05) is 14.2 Å². The Morgan fingerprint density at radius 2 is 2.31 bits per heavy atom. The van der Waals surface area contributed by atoms with Crippen molar-refractivity contribution in [2.45, 2.75) is 19.4 Å². The van der Waals surface area contributed by atoms with Crippen molar-refractivity contribution in [3.05, 3.63) is 23.9 Å². The number of nitrogens with zero attached hydrogens (tertiary/aromatic N) is 1. The smallest absolute Gasteiger partial charge is 0.213 e. The van der Waals surface area contributed by atoms with E-state index in [2.05, 4.69) is 17.2 Å². The van der Waals surface area contributed by atoms with Gasteiger partial charge in [-0.05, 0) is 20.0 Å². The van der Waals surface area contributed by atoms with Crippen LogP contribution in [0.3, 0.4) is 0 Å². The number of pyridine rings is 1. The van der Waals surface area contributed by atoms with E-state index in [0.29, 0.717) is 11.9 Å². The number of hydrogen-bond donors (Lipinski definition) is 1. The Morgan fingerprint density at radius 3 is 2.92 bits per heavy atom. The van der Waals surface area contributed by atoms with Crippen molar-refractivity contribution >= 4 is 0 Å². The molecular weight excluding hydrogens is 164 g/mol. The summed E-state index contributed by atoms with van der Waals surface area (Å²) in [6.07, 6.45) is 0.924. The number of aromatic nitrogens is 1. The van der Waals surface area contributed by atoms with Crippen LogP contribution >= 0.6 is 0 Å². The third-order valence-corrected chi connectivity index (χ3v) is 2.00. The molecule has 0 spiro atoms. The first kappa shape index (κ1) is 9.99. The third-order valence-electron chi connectivity index (χ3n) is 2.00. The predicted molar refractivity (Wildman–Crippen MR) is 53.0 cm³/mol. The maximum atomic E-state index is 5.04. The summed E-state index contributed by atoms with van der Waals surface area (Å²) in [6, 6.07) is 6.27. The van der Waals surface area contributed by atoms with E-state index in [1.807, 2.05) is 25.2 Å². The van der Waals surface area contributed by atoms with E-state index >= 15 is 0 Å². The molecule has 1 aromatic rings. The van der Waals surface area contributed by atoms with Crippen molar-refractivity contribution < 1.29 is 4.74 Å². The Labute approximate surface area is 79.1 Å². The lowest BCUT2D eigenvalue weighted by molar-refractivity contribution is 0.395. The maximum absolute atomic E-state index is 5.04. The lowest BCUT2D eigenvalue weighted by Crippen LogP contribution is -2.23. The van der Waals surface area contributed by atoms with Crippen molar-refractivity contribution in [1.29, 1.82) is 0 Å². The minimum absolute atomic E-state index is 0.444. The van der Waals surface area contributed by atoms with Crippen molar-refractivity contribution in [3.8, 4) is 5.88 Å². The van der Waals surface area contributed by atoms with Gasteiger partial charge in [0.1, 0.15) is 0 Å². The first-order valence-corrected chi connectivity index (χ1v) is 4.43. The minimum atomic E-state index is 0.444. The van der Waals surface area contributed by atoms with E-state index in [1.165, 1.54) is 0 Å². The highest BCUT2D eigenvalue weighted by molar-refractivity contribution is 5.16. The van der Waals surface area contributed by atoms with Gasteiger partial charge in [-0.25, -0.2) is 4.98 Å². The molecule has 0 saturated heterocycles. The topological polar surface area (TPSA) is 34.1 Å². The van der Waals surface area contributed by atoms with Gasteiger partial charge in [0.15, 0.2) is 0 Å². The molecule has 1 unspecified atom stereocenters. The van der Waals surface area contributed by atoms with Crippen LogP contribution in [0.25, 0.3) is 0 Å². The van der Waals surface area contributed by atoms with E-state index in [1.54, 1.807) is 7.11 Å². The number of rotatable bonds is 4. The maximum Gasteiger partial charge on any atom is 0.213 e. The van der Waals surface area contributed by atoms with Gasteiger partial charge >= 0.3 is 0 Å². The van der Waals surface area contributed by atoms with Crippen LogP contribution in [0.1, 0.15) is 12.6 Å². The van der Waals surface area contributed by atoms with Crippen molar-refractivity contribution in [2.24, 2.45) is 0 Å². The molecule has 0 aliphatic heterocycles. The second-order valence-corrected chi connectivity index (χ2v) is 3.07. The van der Waals surface area contributed by atoms with Crippen LogP contribution in [-0.4, -0.2) is 25.2 Å². The van der Waals surface area contributed by atoms with Gasteiger partial charge in [-0.1, -0.05) is 6.07 Å². The molecule has 0 aromatic carbocycles. The molecule has 3 heteroatoms. The van der Waals surface area contributed by atoms with Crippen LogP contribution in [0.5, 0.6) is 5.88 Å². The highest BCUT2D eigenvalue weighted by Crippen LogP contribution is 2.07. The molecule has 1 heterocycles. The number of nitrogens with one attached hydrogen (secondary N) is 1. The number of likely N-dealkylation sites (N-methyl/N-ethyl adjacent to an activating group) is 1. The lowest BCUT2D eigenvalue weighted by Gasteiger charge is -2.09. The lowest BCUT2D eigenvalue weighted by atomic mass is 10.2. The summed E-state index contributed by atoms with van der Waals surface area (Å²) >= 11 is 0. The van der Waals surface area contributed by atoms with Crippen LogP contribution in [0.15, 0.2) is 18.2 Å². The average molecular weight is 180 g/mol. The van der Waals surface area contributed by atoms with Gasteiger partial charge in [0, 0.05) is 24.2 Å². The fourth-order valence-corrected chi connectivity index (χ4v) is 1.10. The van der Waals surface area contributed by atoms with Crippen LogP contribution in [-0.2, 0) is 6.42 Å². The molecule has 0 amide bonds. The molecule has 3 nitrogen and oxygen atoms in total. The normalized spacial score (nSPS) is 12.5. The molecular formula is C10H16N2O. The molecule has 0 aliphatic rings. The van der Waals surface area contributed by atoms with E-state index in [0.717, 1.165) is 12.1 Å². The van der Waals surface area contributed by atoms with Crippen molar-refractivity contribution in [3.63, 3.8) is 0 Å². The Kier molecular flexibility index (Phi) is 3.71. The predicted octanol–water partition coefficient (Wildman–Crippen LogP) is 1.24. The zero-order chi connectivity index (χ0) is 9.68. The molecule has 0 saturated carbocycles. The Morgan fingerprint density at radius 1 is 1.54 bits per heavy atom. The van der Waals surface area contributed by atoms with Gasteiger partial charge in [-0.2, -0.15) is 0 Å². The first-order chi connectivity index (χ1) is 6.26. The van der Waals surface area contributed by atoms with E-state index in [-0.39, 0.29) is 0 Å². The fraction of sp³-hybridized carbons (Fsp3) is 0.500. The first-order valence-electron chi connectivity index (χ1n) is 4.43. The molecule has 1 atom stereocenters. The van der Waals surface area contributed by atoms with E-state index < -0.39 is 0 Å². The number of ether oxygens (including phenoxy) is 1. The van der Waals surface area contributed by atoms with Gasteiger partial charge in [-0.3, -0.25) is 0 Å². The van der Waals surface area contributed by atoms with Gasteiger partial charge in [0.2, 0.25) is 5.88 Å². The monoisotopic (exact) mass is 180 g/mol. The van der Waals surface area contributed by atoms with Crippen LogP contribution < -0.4 is 10.1 Å². The number of methoxy groups -OCH3 is 1. The van der Waals surface area contributed by atoms with Gasteiger partial charge < -0.3 is 10.1 Å². The van der Waals surface area contributed by atoms with E-state index in [4.69, 9.17) is 4.74 Å². The summed E-state index contributed by atoms with van der Waals surface area (Å²) in [5, 5.41) is 3.17. The number of hydrogen-bond acceptors (Lipinski definition) is 3. The highest BCUT2D eigenvalue weighted by Gasteiger charge is 2.02. The summed E-state index contributed by atoms with van der Waals surface area (Å²) in [4.78, 5) is 4.32. The fourth-order valence-electron chi connectivity index (χ4n) is 1.10. The van der Waals surface area contributed by atoms with Crippen LogP contribution in [0.2, 0.25) is 0 Å². The Balaban J connectivity index is 2.66. The highest BCUT2D eigenvalue weighted by atomic mass is 16.5. The summed E-state index contributed by atoms with van der Waals surface area (Å²) < 4.78 is 5.04. The zero-order valence-electron chi connectivity index (χ0n) is 8.37. The molecule has 72 valence electrons. The van der Waals surface area contributed by atoms with Crippen LogP contribution in [0.4, 0.5) is 0 Å². The molecule has 0 bridgehead atoms. The van der Waals surface area contributed by atoms with Crippen molar-refractivity contribution in [1.82, 2.24) is 10.3 Å². The summed E-state index contributed by atoms with van der Waals surface area (Å²) in [5.41, 5.74) is 1.06. The molecule has 1 rings (SSSR count). The van der Waals surface area contributed by atoms with Gasteiger partial charge in [0.05, 0.1) is 7.11 Å². The second kappa shape index (κ2) is 4.82. The van der Waals surface area contributed by atoms with Gasteiger partial charge in [0.25, 0.3) is 0 Å². The largest absolute Gasteiger partial charge is 0.481 e. The molecule has 1 aromatic heterocycles. The average Bonchev–Trinajstić information content (AvgIpc) is 2.18. The van der Waals surface area contributed by atoms with E-state index in [9.17, 15) is 0 Å². The van der Waals surface area contributed by atoms with Gasteiger partial charge in [-0.15, -0.1) is 0 Å². The summed E-state index contributed by atoms with van der Waals surface area (Å²) in [5.74, 6) is 0.681. The molecule has 0 fully saturated rings. The van der Waals surface area contributed by atoms with Crippen LogP contribution in [0, 0.1) is 0 Å². The summed E-state index contributed by atoms with van der Waals surface area (Å²) in [7, 11) is 3.58. The standard InChI is InChI=1S/C10H16N2O/c1-8(11-2)7-9-5-4-6-10(12-9)13-3/h4-6,8,11H,7H2,1-3H3. The molecule has 0 aliphatic carbocycles. The SMILES string of the molecule is CNC(C)Cc1cccc(OC)n1. The third kappa shape index (κ3) is 3.03. The molecule has 13 heavy (non-hydrogen) atoms. The molecule has 0 radical (unpaired) electrons. The Bertz CT molecular complexity index is 263.